The predicted octanol–water partition coefficient (Wildman–Crippen LogP) is 10.8. The zero-order valence-electron chi connectivity index (χ0n) is 30.4. The van der Waals surface area contributed by atoms with Crippen LogP contribution in [0.4, 0.5) is 0 Å². The second-order valence-corrected chi connectivity index (χ2v) is 14.6. The lowest BCUT2D eigenvalue weighted by atomic mass is 10.2. The molecule has 0 fully saturated rings. The van der Waals surface area contributed by atoms with Crippen molar-refractivity contribution in [1.29, 1.82) is 0 Å². The van der Waals surface area contributed by atoms with E-state index >= 15 is 0 Å². The Bertz CT molecular complexity index is 917. The summed E-state index contributed by atoms with van der Waals surface area (Å²) in [5.41, 5.74) is 0.510. The molecule has 0 aliphatic heterocycles. The molecular formula is C38H66N2O4S2+2. The van der Waals surface area contributed by atoms with Crippen LogP contribution in [0, 0.1) is 0 Å². The molecule has 0 atom stereocenters. The Morgan fingerprint density at radius 2 is 0.630 bits per heavy atom. The van der Waals surface area contributed by atoms with E-state index < -0.39 is 11.9 Å². The van der Waals surface area contributed by atoms with Crippen LogP contribution in [0.3, 0.4) is 0 Å². The van der Waals surface area contributed by atoms with E-state index in [2.05, 4.69) is 55.4 Å². The van der Waals surface area contributed by atoms with Gasteiger partial charge >= 0.3 is 11.9 Å². The van der Waals surface area contributed by atoms with Crippen molar-refractivity contribution >= 4 is 33.5 Å². The highest BCUT2D eigenvalue weighted by atomic mass is 33.1. The number of carbonyl (C=O) groups is 2. The first-order valence-electron chi connectivity index (χ1n) is 17.8. The van der Waals surface area contributed by atoms with Crippen LogP contribution in [0.1, 0.15) is 127 Å². The molecule has 2 N–H and O–H groups in total. The minimum absolute atomic E-state index is 0.255. The number of hydrogen-bond acceptors (Lipinski definition) is 4. The van der Waals surface area contributed by atoms with Crippen LogP contribution >= 0.6 is 21.6 Å². The minimum atomic E-state index is -0.946. The van der Waals surface area contributed by atoms with E-state index in [1.54, 1.807) is 48.5 Å². The average molecular weight is 679 g/mol. The van der Waals surface area contributed by atoms with Gasteiger partial charge in [-0.15, -0.1) is 0 Å². The first kappa shape index (κ1) is 44.0. The molecule has 8 heteroatoms. The lowest BCUT2D eigenvalue weighted by Crippen LogP contribution is -2.50. The number of carboxylic acids is 2. The Labute approximate surface area is 289 Å². The third kappa shape index (κ3) is 17.8. The van der Waals surface area contributed by atoms with Crippen molar-refractivity contribution < 1.29 is 28.8 Å². The number of quaternary nitrogens is 2. The van der Waals surface area contributed by atoms with Crippen molar-refractivity contribution in [2.75, 3.05) is 52.4 Å². The zero-order chi connectivity index (χ0) is 34.8. The molecule has 2 aromatic rings. The number of rotatable bonds is 21. The van der Waals surface area contributed by atoms with Gasteiger partial charge in [0.1, 0.15) is 0 Å². The molecule has 0 amide bonds. The highest BCUT2D eigenvalue weighted by molar-refractivity contribution is 8.76. The number of carboxylic acid groups (broad SMARTS) is 2. The topological polar surface area (TPSA) is 74.6 Å². The lowest BCUT2D eigenvalue weighted by Gasteiger charge is -2.38. The van der Waals surface area contributed by atoms with Crippen molar-refractivity contribution in [3.05, 3.63) is 59.7 Å². The van der Waals surface area contributed by atoms with Crippen molar-refractivity contribution in [3.8, 4) is 0 Å². The molecule has 0 aliphatic carbocycles. The second kappa shape index (κ2) is 26.0. The van der Waals surface area contributed by atoms with Crippen molar-refractivity contribution in [3.63, 3.8) is 0 Å². The highest BCUT2D eigenvalue weighted by Gasteiger charge is 2.23. The Morgan fingerprint density at radius 1 is 0.435 bits per heavy atom. The van der Waals surface area contributed by atoms with Crippen molar-refractivity contribution in [1.82, 2.24) is 0 Å². The molecule has 0 aliphatic rings. The molecule has 0 heterocycles. The van der Waals surface area contributed by atoms with E-state index in [-0.39, 0.29) is 11.1 Å². The van der Waals surface area contributed by atoms with Crippen LogP contribution in [0.5, 0.6) is 0 Å². The van der Waals surface area contributed by atoms with E-state index in [0.717, 1.165) is 9.79 Å². The molecule has 0 saturated heterocycles. The molecule has 0 saturated carbocycles. The minimum Gasteiger partial charge on any atom is -0.478 e. The van der Waals surface area contributed by atoms with Crippen LogP contribution in [-0.2, 0) is 0 Å². The quantitative estimate of drug-likeness (QED) is 0.101. The summed E-state index contributed by atoms with van der Waals surface area (Å²) in [6.45, 7) is 29.6. The van der Waals surface area contributed by atoms with Crippen LogP contribution in [0.2, 0.25) is 0 Å². The average Bonchev–Trinajstić information content (AvgIpc) is 3.02. The van der Waals surface area contributed by atoms with E-state index in [1.807, 2.05) is 0 Å². The van der Waals surface area contributed by atoms with Crippen LogP contribution < -0.4 is 0 Å². The molecule has 0 radical (unpaired) electrons. The Morgan fingerprint density at radius 3 is 0.783 bits per heavy atom. The molecule has 46 heavy (non-hydrogen) atoms. The van der Waals surface area contributed by atoms with Gasteiger partial charge in [0, 0.05) is 9.79 Å². The zero-order valence-corrected chi connectivity index (χ0v) is 32.0. The maximum atomic E-state index is 10.7. The van der Waals surface area contributed by atoms with Crippen LogP contribution in [-0.4, -0.2) is 83.5 Å². The Hall–Kier alpha value is -2.00. The largest absolute Gasteiger partial charge is 0.478 e. The van der Waals surface area contributed by atoms with Crippen molar-refractivity contribution in [2.24, 2.45) is 0 Å². The first-order chi connectivity index (χ1) is 22.0. The maximum Gasteiger partial charge on any atom is 0.335 e. The lowest BCUT2D eigenvalue weighted by molar-refractivity contribution is -0.928. The van der Waals surface area contributed by atoms with Gasteiger partial charge in [-0.3, -0.25) is 0 Å². The molecular weight excluding hydrogens is 613 g/mol. The van der Waals surface area contributed by atoms with Gasteiger partial charge in [-0.25, -0.2) is 9.59 Å². The van der Waals surface area contributed by atoms with E-state index in [9.17, 15) is 9.59 Å². The molecule has 0 unspecified atom stereocenters. The summed E-state index contributed by atoms with van der Waals surface area (Å²) in [4.78, 5) is 23.3. The molecule has 0 aromatic heterocycles. The monoisotopic (exact) mass is 678 g/mol. The molecule has 0 spiro atoms. The highest BCUT2D eigenvalue weighted by Crippen LogP contribution is 2.37. The molecule has 2 aromatic carbocycles. The summed E-state index contributed by atoms with van der Waals surface area (Å²) in [7, 11) is 2.97. The first-order valence-corrected chi connectivity index (χ1v) is 19.9. The third-order valence-electron chi connectivity index (χ3n) is 8.02. The molecule has 262 valence electrons. The third-order valence-corrected chi connectivity index (χ3v) is 10.4. The van der Waals surface area contributed by atoms with Gasteiger partial charge in [-0.05, 0) is 99.9 Å². The van der Waals surface area contributed by atoms with Gasteiger partial charge in [0.05, 0.1) is 63.5 Å². The second-order valence-electron chi connectivity index (χ2n) is 12.3. The molecule has 6 nitrogen and oxygen atoms in total. The Kier molecular flexibility index (Phi) is 24.9. The van der Waals surface area contributed by atoms with Gasteiger partial charge < -0.3 is 19.2 Å². The number of benzene rings is 2. The van der Waals surface area contributed by atoms with Gasteiger partial charge in [0.25, 0.3) is 0 Å². The summed E-state index contributed by atoms with van der Waals surface area (Å²) in [5, 5.41) is 17.6. The SMILES string of the molecule is CCC[N+](CCC)(CCC)CCC.CCC[N+](CCC)(CCC)CCC.O=C(O)c1ccc(SSc2ccc(C(=O)O)cc2)cc1. The van der Waals surface area contributed by atoms with Gasteiger partial charge in [-0.2, -0.15) is 0 Å². The summed E-state index contributed by atoms with van der Waals surface area (Å²) < 4.78 is 2.75. The fourth-order valence-electron chi connectivity index (χ4n) is 6.54. The normalized spacial score (nSPS) is 11.2. The summed E-state index contributed by atoms with van der Waals surface area (Å²) in [5.74, 6) is -1.89. The summed E-state index contributed by atoms with van der Waals surface area (Å²) in [6.07, 6.45) is 10.7. The number of aromatic carboxylic acids is 2. The van der Waals surface area contributed by atoms with Gasteiger partial charge in [0.2, 0.25) is 0 Å². The smallest absolute Gasteiger partial charge is 0.335 e. The predicted molar refractivity (Wildman–Crippen MR) is 200 cm³/mol. The van der Waals surface area contributed by atoms with Gasteiger partial charge in [-0.1, -0.05) is 77.0 Å². The Balaban J connectivity index is 0.000000691. The standard InChI is InChI=1S/C14H10O4S2.2C12H28N/c15-13(16)9-1-5-11(6-2-9)19-20-12-7-3-10(4-8-12)14(17)18;2*1-5-9-13(10-6-2,11-7-3)12-8-4/h1-8H,(H,15,16)(H,17,18);2*5-12H2,1-4H3/q;2*+1. The van der Waals surface area contributed by atoms with E-state index in [1.165, 1.54) is 134 Å². The fraction of sp³-hybridized carbons (Fsp3) is 0.632. The van der Waals surface area contributed by atoms with Crippen LogP contribution in [0.15, 0.2) is 58.3 Å². The van der Waals surface area contributed by atoms with E-state index in [4.69, 9.17) is 10.2 Å². The summed E-state index contributed by atoms with van der Waals surface area (Å²) in [6, 6.07) is 13.2. The number of hydrogen-bond donors (Lipinski definition) is 2. The fourth-order valence-corrected chi connectivity index (χ4v) is 8.47. The molecule has 2 rings (SSSR count). The van der Waals surface area contributed by atoms with Crippen LogP contribution in [0.25, 0.3) is 0 Å². The maximum absolute atomic E-state index is 10.7. The molecule has 0 bridgehead atoms. The summed E-state index contributed by atoms with van der Waals surface area (Å²) >= 11 is 0. The van der Waals surface area contributed by atoms with Crippen molar-refractivity contribution in [2.45, 2.75) is 117 Å². The number of nitrogens with zero attached hydrogens (tertiary/aromatic N) is 2. The van der Waals surface area contributed by atoms with E-state index in [0.29, 0.717) is 0 Å². The van der Waals surface area contributed by atoms with Gasteiger partial charge in [0.15, 0.2) is 0 Å².